The van der Waals surface area contributed by atoms with Crippen molar-refractivity contribution >= 4 is 11.8 Å². The van der Waals surface area contributed by atoms with Crippen LogP contribution in [-0.4, -0.2) is 28.8 Å². The maximum Gasteiger partial charge on any atom is 0.188 e. The van der Waals surface area contributed by atoms with Gasteiger partial charge in [0, 0.05) is 17.1 Å². The summed E-state index contributed by atoms with van der Waals surface area (Å²) in [5.41, 5.74) is 3.40. The van der Waals surface area contributed by atoms with E-state index in [4.69, 9.17) is 0 Å². The number of aromatic nitrogens is 2. The van der Waals surface area contributed by atoms with E-state index in [9.17, 15) is 0 Å². The Morgan fingerprint density at radius 1 is 1.18 bits per heavy atom. The lowest BCUT2D eigenvalue weighted by atomic mass is 10.2. The summed E-state index contributed by atoms with van der Waals surface area (Å²) in [5, 5.41) is 4.27. The van der Waals surface area contributed by atoms with Crippen molar-refractivity contribution in [1.29, 1.82) is 0 Å². The molecule has 4 heteroatoms. The third-order valence-electron chi connectivity index (χ3n) is 2.85. The molecule has 1 aromatic heterocycles. The molecule has 96 valence electrons. The van der Waals surface area contributed by atoms with Crippen molar-refractivity contribution in [3.8, 4) is 0 Å². The van der Waals surface area contributed by atoms with Crippen LogP contribution in [0.15, 0.2) is 5.16 Å². The molecule has 17 heavy (non-hydrogen) atoms. The Labute approximate surface area is 109 Å². The highest BCUT2D eigenvalue weighted by atomic mass is 32.2. The number of hydrogen-bond donors (Lipinski definition) is 1. The Morgan fingerprint density at radius 3 is 2.29 bits per heavy atom. The highest BCUT2D eigenvalue weighted by Crippen LogP contribution is 2.19. The summed E-state index contributed by atoms with van der Waals surface area (Å²) in [7, 11) is 0. The van der Waals surface area contributed by atoms with Crippen molar-refractivity contribution in [2.45, 2.75) is 39.8 Å². The predicted molar refractivity (Wildman–Crippen MR) is 74.7 cm³/mol. The Hall–Kier alpha value is -0.610. The summed E-state index contributed by atoms with van der Waals surface area (Å²) in [4.78, 5) is 9.03. The van der Waals surface area contributed by atoms with E-state index in [1.54, 1.807) is 11.8 Å². The van der Waals surface area contributed by atoms with Crippen molar-refractivity contribution in [3.05, 3.63) is 17.0 Å². The van der Waals surface area contributed by atoms with Crippen LogP contribution < -0.4 is 5.32 Å². The highest BCUT2D eigenvalue weighted by molar-refractivity contribution is 7.99. The minimum Gasteiger partial charge on any atom is -0.317 e. The largest absolute Gasteiger partial charge is 0.317 e. The van der Waals surface area contributed by atoms with Gasteiger partial charge in [0.05, 0.1) is 0 Å². The monoisotopic (exact) mass is 253 g/mol. The molecule has 1 heterocycles. The smallest absolute Gasteiger partial charge is 0.188 e. The summed E-state index contributed by atoms with van der Waals surface area (Å²) >= 11 is 1.75. The second kappa shape index (κ2) is 6.97. The maximum absolute atomic E-state index is 4.52. The molecular formula is C13H23N3S. The Balaban J connectivity index is 2.52. The van der Waals surface area contributed by atoms with Crippen molar-refractivity contribution in [1.82, 2.24) is 15.3 Å². The minimum absolute atomic E-state index is 0.644. The first-order valence-corrected chi connectivity index (χ1v) is 7.18. The molecule has 1 atom stereocenters. The lowest BCUT2D eigenvalue weighted by molar-refractivity contribution is 0.573. The molecule has 0 radical (unpaired) electrons. The van der Waals surface area contributed by atoms with Crippen molar-refractivity contribution < 1.29 is 0 Å². The summed E-state index contributed by atoms with van der Waals surface area (Å²) < 4.78 is 0. The highest BCUT2D eigenvalue weighted by Gasteiger charge is 2.07. The van der Waals surface area contributed by atoms with Gasteiger partial charge in [-0.2, -0.15) is 0 Å². The number of rotatable bonds is 6. The van der Waals surface area contributed by atoms with Crippen LogP contribution in [0.4, 0.5) is 0 Å². The van der Waals surface area contributed by atoms with E-state index in [0.717, 1.165) is 35.4 Å². The molecule has 1 unspecified atom stereocenters. The average molecular weight is 253 g/mol. The van der Waals surface area contributed by atoms with Gasteiger partial charge >= 0.3 is 0 Å². The summed E-state index contributed by atoms with van der Waals surface area (Å²) in [6.07, 6.45) is 0. The van der Waals surface area contributed by atoms with Gasteiger partial charge in [-0.05, 0) is 45.3 Å². The summed E-state index contributed by atoms with van der Waals surface area (Å²) in [6.45, 7) is 12.7. The molecule has 0 aromatic carbocycles. The molecule has 1 aromatic rings. The van der Waals surface area contributed by atoms with E-state index >= 15 is 0 Å². The van der Waals surface area contributed by atoms with Crippen LogP contribution in [0.3, 0.4) is 0 Å². The Bertz CT molecular complexity index is 343. The van der Waals surface area contributed by atoms with E-state index in [1.165, 1.54) is 5.56 Å². The van der Waals surface area contributed by atoms with Crippen LogP contribution in [0.1, 0.15) is 30.8 Å². The molecule has 0 saturated carbocycles. The summed E-state index contributed by atoms with van der Waals surface area (Å²) in [6, 6.07) is 0. The van der Waals surface area contributed by atoms with Crippen LogP contribution in [0.2, 0.25) is 0 Å². The fraction of sp³-hybridized carbons (Fsp3) is 0.692. The first-order chi connectivity index (χ1) is 8.04. The second-order valence-electron chi connectivity index (χ2n) is 4.53. The fourth-order valence-corrected chi connectivity index (χ4v) is 2.43. The van der Waals surface area contributed by atoms with Gasteiger partial charge in [0.1, 0.15) is 0 Å². The summed E-state index contributed by atoms with van der Waals surface area (Å²) in [5.74, 6) is 1.71. The quantitative estimate of drug-likeness (QED) is 0.625. The van der Waals surface area contributed by atoms with Gasteiger partial charge in [0.15, 0.2) is 5.16 Å². The van der Waals surface area contributed by atoms with Crippen LogP contribution >= 0.6 is 11.8 Å². The van der Waals surface area contributed by atoms with Crippen LogP contribution in [0.25, 0.3) is 0 Å². The lowest BCUT2D eigenvalue weighted by Crippen LogP contribution is -2.22. The van der Waals surface area contributed by atoms with Gasteiger partial charge in [0.25, 0.3) is 0 Å². The standard InChI is InChI=1S/C13H23N3S/c1-6-14-7-9(2)8-17-13-15-11(4)10(3)12(5)16-13/h9,14H,6-8H2,1-5H3. The Morgan fingerprint density at radius 2 is 1.76 bits per heavy atom. The first kappa shape index (κ1) is 14.5. The molecule has 3 nitrogen and oxygen atoms in total. The van der Waals surface area contributed by atoms with E-state index in [1.807, 2.05) is 0 Å². The fourth-order valence-electron chi connectivity index (χ4n) is 1.47. The zero-order valence-electron chi connectivity index (χ0n) is 11.5. The Kier molecular flexibility index (Phi) is 5.92. The molecule has 0 amide bonds. The molecule has 0 saturated heterocycles. The molecule has 1 N–H and O–H groups in total. The number of thioether (sulfide) groups is 1. The molecule has 1 rings (SSSR count). The molecule has 0 spiro atoms. The molecular weight excluding hydrogens is 230 g/mol. The molecule has 0 aliphatic carbocycles. The zero-order chi connectivity index (χ0) is 12.8. The van der Waals surface area contributed by atoms with Gasteiger partial charge in [0.2, 0.25) is 0 Å². The normalized spacial score (nSPS) is 12.8. The van der Waals surface area contributed by atoms with Gasteiger partial charge in [-0.25, -0.2) is 9.97 Å². The third-order valence-corrected chi connectivity index (χ3v) is 4.03. The van der Waals surface area contributed by atoms with E-state index in [0.29, 0.717) is 5.92 Å². The van der Waals surface area contributed by atoms with Crippen LogP contribution in [-0.2, 0) is 0 Å². The third kappa shape index (κ3) is 4.64. The van der Waals surface area contributed by atoms with E-state index < -0.39 is 0 Å². The number of hydrogen-bond acceptors (Lipinski definition) is 4. The van der Waals surface area contributed by atoms with Gasteiger partial charge in [-0.1, -0.05) is 25.6 Å². The number of nitrogens with zero attached hydrogens (tertiary/aromatic N) is 2. The second-order valence-corrected chi connectivity index (χ2v) is 5.51. The van der Waals surface area contributed by atoms with Crippen molar-refractivity contribution in [2.24, 2.45) is 5.92 Å². The van der Waals surface area contributed by atoms with Gasteiger partial charge in [-0.3, -0.25) is 0 Å². The van der Waals surface area contributed by atoms with Crippen molar-refractivity contribution in [3.63, 3.8) is 0 Å². The predicted octanol–water partition coefficient (Wildman–Crippen LogP) is 2.74. The molecule has 0 bridgehead atoms. The number of nitrogens with one attached hydrogen (secondary N) is 1. The van der Waals surface area contributed by atoms with Crippen molar-refractivity contribution in [2.75, 3.05) is 18.8 Å². The van der Waals surface area contributed by atoms with Gasteiger partial charge in [-0.15, -0.1) is 0 Å². The first-order valence-electron chi connectivity index (χ1n) is 6.20. The lowest BCUT2D eigenvalue weighted by Gasteiger charge is -2.11. The van der Waals surface area contributed by atoms with Crippen LogP contribution in [0, 0.1) is 26.7 Å². The maximum atomic E-state index is 4.52. The molecule has 0 fully saturated rings. The zero-order valence-corrected chi connectivity index (χ0v) is 12.3. The molecule has 0 aliphatic heterocycles. The minimum atomic E-state index is 0.644. The van der Waals surface area contributed by atoms with E-state index in [2.05, 4.69) is 49.9 Å². The SMILES string of the molecule is CCNCC(C)CSc1nc(C)c(C)c(C)n1. The van der Waals surface area contributed by atoms with Gasteiger partial charge < -0.3 is 5.32 Å². The number of aryl methyl sites for hydroxylation is 2. The van der Waals surface area contributed by atoms with E-state index in [-0.39, 0.29) is 0 Å². The van der Waals surface area contributed by atoms with Crippen LogP contribution in [0.5, 0.6) is 0 Å². The topological polar surface area (TPSA) is 37.8 Å². The molecule has 0 aliphatic rings. The average Bonchev–Trinajstić information content (AvgIpc) is 2.30.